The van der Waals surface area contributed by atoms with E-state index >= 15 is 0 Å². The molecule has 0 aliphatic heterocycles. The van der Waals surface area contributed by atoms with Crippen molar-refractivity contribution in [2.24, 2.45) is 0 Å². The van der Waals surface area contributed by atoms with Crippen molar-refractivity contribution in [1.82, 2.24) is 0 Å². The van der Waals surface area contributed by atoms with Crippen LogP contribution in [0.25, 0.3) is 5.57 Å². The van der Waals surface area contributed by atoms with Crippen molar-refractivity contribution >= 4 is 11.9 Å². The van der Waals surface area contributed by atoms with Crippen molar-refractivity contribution in [3.8, 4) is 0 Å². The van der Waals surface area contributed by atoms with Gasteiger partial charge in [-0.2, -0.15) is 0 Å². The predicted octanol–water partition coefficient (Wildman–Crippen LogP) is 2.85. The van der Waals surface area contributed by atoms with E-state index in [9.17, 15) is 4.79 Å². The Morgan fingerprint density at radius 2 is 1.85 bits per heavy atom. The van der Waals surface area contributed by atoms with Gasteiger partial charge >= 0.3 is 0 Å². The van der Waals surface area contributed by atoms with Gasteiger partial charge in [0.15, 0.2) is 0 Å². The van der Waals surface area contributed by atoms with Crippen molar-refractivity contribution in [1.29, 1.82) is 0 Å². The van der Waals surface area contributed by atoms with E-state index in [1.54, 1.807) is 6.08 Å². The molecule has 0 N–H and O–H groups in total. The molecular formula is C12H12O. The summed E-state index contributed by atoms with van der Waals surface area (Å²) in [6.45, 7) is 2.02. The normalized spacial score (nSPS) is 11.9. The van der Waals surface area contributed by atoms with Crippen molar-refractivity contribution < 1.29 is 4.79 Å². The second-order valence-electron chi connectivity index (χ2n) is 2.74. The van der Waals surface area contributed by atoms with Gasteiger partial charge in [-0.15, -0.1) is 0 Å². The molecule has 0 aliphatic rings. The highest BCUT2D eigenvalue weighted by atomic mass is 16.1. The van der Waals surface area contributed by atoms with Gasteiger partial charge in [0.25, 0.3) is 0 Å². The van der Waals surface area contributed by atoms with Gasteiger partial charge in [0.05, 0.1) is 0 Å². The molecule has 0 aliphatic carbocycles. The van der Waals surface area contributed by atoms with Crippen molar-refractivity contribution in [3.05, 3.63) is 54.1 Å². The average Bonchev–Trinajstić information content (AvgIpc) is 2.19. The lowest BCUT2D eigenvalue weighted by atomic mass is 10.1. The van der Waals surface area contributed by atoms with Gasteiger partial charge in [0.1, 0.15) is 6.29 Å². The smallest absolute Gasteiger partial charge is 0.142 e. The zero-order chi connectivity index (χ0) is 9.52. The number of hydrogen-bond acceptors (Lipinski definition) is 1. The molecular weight excluding hydrogens is 160 g/mol. The van der Waals surface area contributed by atoms with Gasteiger partial charge in [-0.25, -0.2) is 0 Å². The number of carbonyl (C=O) groups is 1. The summed E-state index contributed by atoms with van der Waals surface area (Å²) in [5.41, 5.74) is 2.33. The monoisotopic (exact) mass is 172 g/mol. The van der Waals surface area contributed by atoms with Crippen LogP contribution < -0.4 is 0 Å². The van der Waals surface area contributed by atoms with E-state index in [1.165, 1.54) is 11.6 Å². The number of carbonyl (C=O) groups excluding carboxylic acids is 1. The Morgan fingerprint density at radius 1 is 1.15 bits per heavy atom. The summed E-state index contributed by atoms with van der Waals surface area (Å²) in [6.07, 6.45) is 5.92. The number of aldehydes is 1. The molecule has 0 saturated heterocycles. The Morgan fingerprint density at radius 3 is 2.46 bits per heavy atom. The minimum Gasteiger partial charge on any atom is -0.299 e. The molecule has 0 atom stereocenters. The highest BCUT2D eigenvalue weighted by Crippen LogP contribution is 2.12. The summed E-state index contributed by atoms with van der Waals surface area (Å²) in [6, 6.07) is 10.1. The molecule has 0 bridgehead atoms. The number of rotatable bonds is 3. The third kappa shape index (κ3) is 3.08. The van der Waals surface area contributed by atoms with Crippen LogP contribution in [0.15, 0.2) is 48.6 Å². The molecule has 1 nitrogen and oxygen atoms in total. The highest BCUT2D eigenvalue weighted by molar-refractivity contribution is 5.69. The van der Waals surface area contributed by atoms with E-state index in [1.807, 2.05) is 43.3 Å². The van der Waals surface area contributed by atoms with E-state index in [2.05, 4.69) is 0 Å². The first-order valence-electron chi connectivity index (χ1n) is 4.19. The average molecular weight is 172 g/mol. The van der Waals surface area contributed by atoms with Crippen molar-refractivity contribution in [3.63, 3.8) is 0 Å². The van der Waals surface area contributed by atoms with Crippen LogP contribution in [0.3, 0.4) is 0 Å². The first-order valence-corrected chi connectivity index (χ1v) is 4.19. The van der Waals surface area contributed by atoms with E-state index in [4.69, 9.17) is 0 Å². The van der Waals surface area contributed by atoms with E-state index in [-0.39, 0.29) is 0 Å². The summed E-state index contributed by atoms with van der Waals surface area (Å²) >= 11 is 0. The lowest BCUT2D eigenvalue weighted by Gasteiger charge is -1.97. The number of hydrogen-bond donors (Lipinski definition) is 0. The molecule has 1 rings (SSSR count). The summed E-state index contributed by atoms with van der Waals surface area (Å²) in [7, 11) is 0. The molecule has 0 spiro atoms. The largest absolute Gasteiger partial charge is 0.299 e. The van der Waals surface area contributed by atoms with E-state index < -0.39 is 0 Å². The molecule has 0 amide bonds. The third-order valence-corrected chi connectivity index (χ3v) is 1.77. The van der Waals surface area contributed by atoms with Crippen LogP contribution in [-0.4, -0.2) is 6.29 Å². The van der Waals surface area contributed by atoms with Crippen molar-refractivity contribution in [2.75, 3.05) is 0 Å². The minimum absolute atomic E-state index is 0.773. The molecule has 13 heavy (non-hydrogen) atoms. The van der Waals surface area contributed by atoms with Crippen molar-refractivity contribution in [2.45, 2.75) is 6.92 Å². The maximum atomic E-state index is 10.0. The van der Waals surface area contributed by atoms with Gasteiger partial charge in [-0.05, 0) is 24.1 Å². The molecule has 0 fully saturated rings. The van der Waals surface area contributed by atoms with Gasteiger partial charge in [-0.1, -0.05) is 42.5 Å². The molecule has 0 heterocycles. The Labute approximate surface area is 78.4 Å². The number of benzene rings is 1. The van der Waals surface area contributed by atoms with Crippen LogP contribution in [0, 0.1) is 0 Å². The molecule has 1 heteroatoms. The Kier molecular flexibility index (Phi) is 3.71. The summed E-state index contributed by atoms with van der Waals surface area (Å²) in [5, 5.41) is 0. The zero-order valence-electron chi connectivity index (χ0n) is 7.60. The third-order valence-electron chi connectivity index (χ3n) is 1.77. The molecule has 0 unspecified atom stereocenters. The van der Waals surface area contributed by atoms with Crippen LogP contribution in [-0.2, 0) is 4.79 Å². The predicted molar refractivity (Wildman–Crippen MR) is 55.3 cm³/mol. The standard InChI is InChI=1S/C12H12O/c1-11(7-5-6-10-13)12-8-3-2-4-9-12/h2-10H,1H3/b6-5-,11-7+. The van der Waals surface area contributed by atoms with Gasteiger partial charge in [0.2, 0.25) is 0 Å². The Balaban J connectivity index is 2.79. The van der Waals surface area contributed by atoms with Gasteiger partial charge < -0.3 is 0 Å². The molecule has 0 radical (unpaired) electrons. The lowest BCUT2D eigenvalue weighted by molar-refractivity contribution is -0.104. The summed E-state index contributed by atoms with van der Waals surface area (Å²) in [5.74, 6) is 0. The van der Waals surface area contributed by atoms with E-state index in [0.717, 1.165) is 11.9 Å². The maximum absolute atomic E-state index is 10.0. The molecule has 0 aromatic heterocycles. The highest BCUT2D eigenvalue weighted by Gasteiger charge is 1.90. The fourth-order valence-electron chi connectivity index (χ4n) is 1.04. The zero-order valence-corrected chi connectivity index (χ0v) is 7.60. The van der Waals surface area contributed by atoms with Gasteiger partial charge in [-0.3, -0.25) is 4.79 Å². The fourth-order valence-corrected chi connectivity index (χ4v) is 1.04. The topological polar surface area (TPSA) is 17.1 Å². The summed E-state index contributed by atoms with van der Waals surface area (Å²) in [4.78, 5) is 10.0. The number of allylic oxidation sites excluding steroid dienone is 4. The Bertz CT molecular complexity index is 320. The first-order chi connectivity index (χ1) is 6.34. The van der Waals surface area contributed by atoms with Crippen LogP contribution in [0.5, 0.6) is 0 Å². The Hall–Kier alpha value is -1.63. The first kappa shape index (κ1) is 9.46. The molecule has 1 aromatic rings. The fraction of sp³-hybridized carbons (Fsp3) is 0.0833. The second kappa shape index (κ2) is 5.09. The SMILES string of the molecule is C/C(=C\C=C/C=O)c1ccccc1. The van der Waals surface area contributed by atoms with Crippen LogP contribution in [0.1, 0.15) is 12.5 Å². The van der Waals surface area contributed by atoms with Crippen LogP contribution in [0.4, 0.5) is 0 Å². The van der Waals surface area contributed by atoms with Crippen LogP contribution in [0.2, 0.25) is 0 Å². The second-order valence-corrected chi connectivity index (χ2v) is 2.74. The molecule has 66 valence electrons. The lowest BCUT2D eigenvalue weighted by Crippen LogP contribution is -1.76. The minimum atomic E-state index is 0.773. The molecule has 0 saturated carbocycles. The van der Waals surface area contributed by atoms with Crippen LogP contribution >= 0.6 is 0 Å². The quantitative estimate of drug-likeness (QED) is 0.389. The van der Waals surface area contributed by atoms with Gasteiger partial charge in [0, 0.05) is 0 Å². The maximum Gasteiger partial charge on any atom is 0.142 e. The summed E-state index contributed by atoms with van der Waals surface area (Å²) < 4.78 is 0. The molecule has 1 aromatic carbocycles. The van der Waals surface area contributed by atoms with E-state index in [0.29, 0.717) is 0 Å².